The summed E-state index contributed by atoms with van der Waals surface area (Å²) in [7, 11) is 6.84. The average Bonchev–Trinajstić information content (AvgIpc) is 2.30. The van der Waals surface area contributed by atoms with Crippen LogP contribution in [0.5, 0.6) is 0 Å². The van der Waals surface area contributed by atoms with E-state index in [1.54, 1.807) is 0 Å². The van der Waals surface area contributed by atoms with Crippen LogP contribution in [0.1, 0.15) is 64.2 Å². The Morgan fingerprint density at radius 1 is 0.643 bits per heavy atom. The van der Waals surface area contributed by atoms with Crippen LogP contribution in [0.2, 0.25) is 7.87 Å². The van der Waals surface area contributed by atoms with Gasteiger partial charge in [-0.2, -0.15) is 0 Å². The summed E-state index contributed by atoms with van der Waals surface area (Å²) in [4.78, 5) is 0. The predicted octanol–water partition coefficient (Wildman–Crippen LogP) is 4.89. The summed E-state index contributed by atoms with van der Waals surface area (Å²) in [5.41, 5.74) is 0. The van der Waals surface area contributed by atoms with Crippen LogP contribution in [0.15, 0.2) is 0 Å². The maximum absolute atomic E-state index is 6.84. The molecule has 0 aliphatic heterocycles. The number of hydrogen-bond acceptors (Lipinski definition) is 0. The molecule has 0 atom stereocenters. The van der Waals surface area contributed by atoms with Crippen LogP contribution in [0.25, 0.3) is 0 Å². The quantitative estimate of drug-likeness (QED) is 0.636. The molecular formula is C12H22ClSn. The van der Waals surface area contributed by atoms with E-state index in [0.29, 0.717) is 0 Å². The van der Waals surface area contributed by atoms with Gasteiger partial charge in [0.25, 0.3) is 0 Å². The first-order valence-electron chi connectivity index (χ1n) is 6.40. The van der Waals surface area contributed by atoms with Crippen LogP contribution >= 0.6 is 8.92 Å². The molecule has 14 heavy (non-hydrogen) atoms. The van der Waals surface area contributed by atoms with Crippen molar-refractivity contribution < 1.29 is 0 Å². The summed E-state index contributed by atoms with van der Waals surface area (Å²) in [6, 6.07) is 0. The monoisotopic (exact) mass is 321 g/mol. The van der Waals surface area contributed by atoms with Gasteiger partial charge in [0.05, 0.1) is 0 Å². The molecule has 0 aromatic heterocycles. The van der Waals surface area contributed by atoms with Crippen molar-refractivity contribution in [3.8, 4) is 0 Å². The van der Waals surface area contributed by atoms with E-state index in [-0.39, 0.29) is 0 Å². The summed E-state index contributed by atoms with van der Waals surface area (Å²) in [5, 5.41) is 0. The molecule has 81 valence electrons. The van der Waals surface area contributed by atoms with Crippen molar-refractivity contribution >= 4 is 27.6 Å². The van der Waals surface area contributed by atoms with Crippen molar-refractivity contribution in [2.45, 2.75) is 72.1 Å². The zero-order chi connectivity index (χ0) is 9.80. The SMILES string of the molecule is [Cl][Sn]([CH]1CCCCC1)[CH]1CCCCC1. The first-order valence-corrected chi connectivity index (χ1v) is 13.3. The van der Waals surface area contributed by atoms with Gasteiger partial charge in [-0.3, -0.25) is 0 Å². The van der Waals surface area contributed by atoms with Crippen molar-refractivity contribution in [1.82, 2.24) is 0 Å². The van der Waals surface area contributed by atoms with E-state index in [1.807, 2.05) is 0 Å². The molecule has 0 N–H and O–H groups in total. The van der Waals surface area contributed by atoms with E-state index in [2.05, 4.69) is 0 Å². The van der Waals surface area contributed by atoms with Gasteiger partial charge < -0.3 is 0 Å². The van der Waals surface area contributed by atoms with Crippen molar-refractivity contribution in [1.29, 1.82) is 0 Å². The summed E-state index contributed by atoms with van der Waals surface area (Å²) < 4.78 is 2.10. The molecule has 0 bridgehead atoms. The van der Waals surface area contributed by atoms with Gasteiger partial charge in [-0.15, -0.1) is 0 Å². The number of rotatable bonds is 2. The minimum absolute atomic E-state index is 1.05. The van der Waals surface area contributed by atoms with Crippen LogP contribution in [0.3, 0.4) is 0 Å². The molecule has 2 aliphatic carbocycles. The van der Waals surface area contributed by atoms with Gasteiger partial charge in [-0.1, -0.05) is 0 Å². The molecule has 2 fully saturated rings. The zero-order valence-electron chi connectivity index (χ0n) is 9.10. The molecular weight excluding hydrogens is 298 g/mol. The molecule has 0 saturated heterocycles. The van der Waals surface area contributed by atoms with Gasteiger partial charge in [0.1, 0.15) is 0 Å². The number of hydrogen-bond donors (Lipinski definition) is 0. The Balaban J connectivity index is 1.82. The molecule has 2 saturated carbocycles. The molecule has 2 rings (SSSR count). The standard InChI is InChI=1S/2C6H11.ClH.Sn/c2*1-2-4-6-5-3-1;;/h2*1H,2-6H2;1H;/q;;;+1/p-1. The second kappa shape index (κ2) is 5.98. The van der Waals surface area contributed by atoms with Crippen LogP contribution in [-0.4, -0.2) is 18.6 Å². The van der Waals surface area contributed by atoms with E-state index in [0.717, 1.165) is 7.87 Å². The Bertz CT molecular complexity index is 142. The molecule has 0 amide bonds. The van der Waals surface area contributed by atoms with Crippen molar-refractivity contribution in [2.75, 3.05) is 0 Å². The van der Waals surface area contributed by atoms with Gasteiger partial charge in [-0.05, 0) is 0 Å². The predicted molar refractivity (Wildman–Crippen MR) is 65.3 cm³/mol. The van der Waals surface area contributed by atoms with E-state index < -0.39 is 18.6 Å². The van der Waals surface area contributed by atoms with Crippen LogP contribution in [0, 0.1) is 0 Å². The van der Waals surface area contributed by atoms with Gasteiger partial charge in [0.2, 0.25) is 0 Å². The molecule has 0 unspecified atom stereocenters. The summed E-state index contributed by atoms with van der Waals surface area (Å²) in [5.74, 6) is 0. The third-order valence-corrected chi connectivity index (χ3v) is 15.9. The Morgan fingerprint density at radius 3 is 1.36 bits per heavy atom. The molecule has 0 aromatic rings. The summed E-state index contributed by atoms with van der Waals surface area (Å²) in [6.45, 7) is 0. The van der Waals surface area contributed by atoms with Crippen molar-refractivity contribution in [3.05, 3.63) is 0 Å². The van der Waals surface area contributed by atoms with Gasteiger partial charge in [0.15, 0.2) is 0 Å². The first kappa shape index (κ1) is 11.6. The Morgan fingerprint density at radius 2 is 1.00 bits per heavy atom. The van der Waals surface area contributed by atoms with E-state index in [9.17, 15) is 0 Å². The van der Waals surface area contributed by atoms with Crippen molar-refractivity contribution in [2.24, 2.45) is 0 Å². The topological polar surface area (TPSA) is 0 Å². The van der Waals surface area contributed by atoms with Crippen LogP contribution in [0.4, 0.5) is 0 Å². The van der Waals surface area contributed by atoms with Crippen LogP contribution in [-0.2, 0) is 0 Å². The first-order chi connectivity index (χ1) is 6.88. The third-order valence-electron chi connectivity index (χ3n) is 3.99. The normalized spacial score (nSPS) is 27.0. The average molecular weight is 320 g/mol. The molecule has 0 aromatic carbocycles. The zero-order valence-corrected chi connectivity index (χ0v) is 12.7. The Hall–Kier alpha value is 1.09. The molecule has 2 heteroatoms. The molecule has 0 nitrogen and oxygen atoms in total. The fourth-order valence-electron chi connectivity index (χ4n) is 3.09. The maximum atomic E-state index is 6.84. The fourth-order valence-corrected chi connectivity index (χ4v) is 13.4. The van der Waals surface area contributed by atoms with Gasteiger partial charge >= 0.3 is 99.6 Å². The second-order valence-electron chi connectivity index (χ2n) is 5.05. The molecule has 1 radical (unpaired) electrons. The molecule has 0 heterocycles. The Labute approximate surface area is 99.2 Å². The summed E-state index contributed by atoms with van der Waals surface area (Å²) >= 11 is -1.48. The van der Waals surface area contributed by atoms with Gasteiger partial charge in [0, 0.05) is 0 Å². The fraction of sp³-hybridized carbons (Fsp3) is 1.00. The van der Waals surface area contributed by atoms with Crippen LogP contribution < -0.4 is 0 Å². The summed E-state index contributed by atoms with van der Waals surface area (Å²) in [6.07, 6.45) is 14.9. The second-order valence-corrected chi connectivity index (χ2v) is 14.8. The number of halogens is 1. The van der Waals surface area contributed by atoms with Crippen molar-refractivity contribution in [3.63, 3.8) is 0 Å². The third kappa shape index (κ3) is 3.04. The van der Waals surface area contributed by atoms with Gasteiger partial charge in [-0.25, -0.2) is 0 Å². The molecule has 0 spiro atoms. The van der Waals surface area contributed by atoms with E-state index >= 15 is 0 Å². The Kier molecular flexibility index (Phi) is 4.94. The van der Waals surface area contributed by atoms with E-state index in [1.165, 1.54) is 64.2 Å². The van der Waals surface area contributed by atoms with E-state index in [4.69, 9.17) is 8.92 Å². The molecule has 2 aliphatic rings. The minimum atomic E-state index is -1.48.